The Hall–Kier alpha value is -1.68. The van der Waals surface area contributed by atoms with Crippen molar-refractivity contribution in [3.8, 4) is 0 Å². The van der Waals surface area contributed by atoms with E-state index >= 15 is 0 Å². The SMILES string of the molecule is CCc1cc(CC(N)c2cc(F)ccc2C)n(C)n1. The molecule has 0 amide bonds. The second-order valence-corrected chi connectivity index (χ2v) is 4.92. The maximum atomic E-state index is 13.3. The zero-order valence-electron chi connectivity index (χ0n) is 11.7. The highest BCUT2D eigenvalue weighted by molar-refractivity contribution is 5.30. The van der Waals surface area contributed by atoms with Gasteiger partial charge in [-0.15, -0.1) is 0 Å². The molecular formula is C15H20FN3. The number of rotatable bonds is 4. The summed E-state index contributed by atoms with van der Waals surface area (Å²) in [6, 6.07) is 6.61. The standard InChI is InChI=1S/C15H20FN3/c1-4-12-8-13(19(3)18-12)9-15(17)14-7-11(16)6-5-10(14)2/h5-8,15H,4,9,17H2,1-3H3. The van der Waals surface area contributed by atoms with Gasteiger partial charge >= 0.3 is 0 Å². The molecule has 1 unspecified atom stereocenters. The van der Waals surface area contributed by atoms with Crippen LogP contribution in [0.3, 0.4) is 0 Å². The summed E-state index contributed by atoms with van der Waals surface area (Å²) in [5.41, 5.74) is 10.2. The molecule has 0 saturated carbocycles. The van der Waals surface area contributed by atoms with Crippen molar-refractivity contribution in [2.45, 2.75) is 32.7 Å². The summed E-state index contributed by atoms with van der Waals surface area (Å²) in [6.45, 7) is 4.03. The van der Waals surface area contributed by atoms with Crippen LogP contribution in [0.1, 0.15) is 35.5 Å². The van der Waals surface area contributed by atoms with Crippen LogP contribution in [0.5, 0.6) is 0 Å². The van der Waals surface area contributed by atoms with Crippen LogP contribution in [0, 0.1) is 12.7 Å². The summed E-state index contributed by atoms with van der Waals surface area (Å²) in [7, 11) is 1.92. The monoisotopic (exact) mass is 261 g/mol. The molecule has 1 aromatic heterocycles. The first-order valence-corrected chi connectivity index (χ1v) is 6.54. The first kappa shape index (κ1) is 13.7. The molecule has 0 fully saturated rings. The molecular weight excluding hydrogens is 241 g/mol. The number of hydrogen-bond donors (Lipinski definition) is 1. The molecule has 2 N–H and O–H groups in total. The number of nitrogens with two attached hydrogens (primary N) is 1. The van der Waals surface area contributed by atoms with Crippen LogP contribution in [0.15, 0.2) is 24.3 Å². The summed E-state index contributed by atoms with van der Waals surface area (Å²) in [4.78, 5) is 0. The van der Waals surface area contributed by atoms with E-state index in [-0.39, 0.29) is 11.9 Å². The van der Waals surface area contributed by atoms with Crippen molar-refractivity contribution in [3.63, 3.8) is 0 Å². The van der Waals surface area contributed by atoms with Crippen LogP contribution in [0.4, 0.5) is 4.39 Å². The number of nitrogens with zero attached hydrogens (tertiary/aromatic N) is 2. The lowest BCUT2D eigenvalue weighted by Gasteiger charge is -2.15. The van der Waals surface area contributed by atoms with Gasteiger partial charge in [0.05, 0.1) is 5.69 Å². The molecule has 0 spiro atoms. The minimum atomic E-state index is -0.240. The summed E-state index contributed by atoms with van der Waals surface area (Å²) in [6.07, 6.45) is 1.57. The molecule has 19 heavy (non-hydrogen) atoms. The normalized spacial score (nSPS) is 12.7. The smallest absolute Gasteiger partial charge is 0.123 e. The van der Waals surface area contributed by atoms with Crippen molar-refractivity contribution in [1.29, 1.82) is 0 Å². The Morgan fingerprint density at radius 1 is 1.37 bits per heavy atom. The summed E-state index contributed by atoms with van der Waals surface area (Å²) < 4.78 is 15.2. The quantitative estimate of drug-likeness (QED) is 0.919. The highest BCUT2D eigenvalue weighted by atomic mass is 19.1. The molecule has 2 rings (SSSR count). The van der Waals surface area contributed by atoms with Crippen LogP contribution < -0.4 is 5.73 Å². The van der Waals surface area contributed by atoms with E-state index in [0.717, 1.165) is 28.9 Å². The number of aryl methyl sites for hydroxylation is 3. The highest BCUT2D eigenvalue weighted by Crippen LogP contribution is 2.21. The third kappa shape index (κ3) is 3.01. The number of aromatic nitrogens is 2. The average Bonchev–Trinajstić information content (AvgIpc) is 2.73. The summed E-state index contributed by atoms with van der Waals surface area (Å²) in [5.74, 6) is -0.240. The van der Waals surface area contributed by atoms with E-state index < -0.39 is 0 Å². The van der Waals surface area contributed by atoms with Crippen LogP contribution >= 0.6 is 0 Å². The fraction of sp³-hybridized carbons (Fsp3) is 0.400. The van der Waals surface area contributed by atoms with Crippen LogP contribution in [0.2, 0.25) is 0 Å². The zero-order valence-corrected chi connectivity index (χ0v) is 11.7. The van der Waals surface area contributed by atoms with Gasteiger partial charge in [0.2, 0.25) is 0 Å². The van der Waals surface area contributed by atoms with Gasteiger partial charge in [-0.2, -0.15) is 5.10 Å². The lowest BCUT2D eigenvalue weighted by Crippen LogP contribution is -2.16. The van der Waals surface area contributed by atoms with Crippen molar-refractivity contribution in [1.82, 2.24) is 9.78 Å². The maximum Gasteiger partial charge on any atom is 0.123 e. The zero-order chi connectivity index (χ0) is 14.0. The average molecular weight is 261 g/mol. The summed E-state index contributed by atoms with van der Waals surface area (Å²) in [5, 5.41) is 4.40. The Morgan fingerprint density at radius 3 is 2.74 bits per heavy atom. The highest BCUT2D eigenvalue weighted by Gasteiger charge is 2.14. The second kappa shape index (κ2) is 5.53. The Labute approximate surface area is 113 Å². The van der Waals surface area contributed by atoms with E-state index in [1.54, 1.807) is 6.07 Å². The lowest BCUT2D eigenvalue weighted by atomic mass is 9.98. The van der Waals surface area contributed by atoms with E-state index in [1.807, 2.05) is 18.7 Å². The minimum absolute atomic E-state index is 0.212. The second-order valence-electron chi connectivity index (χ2n) is 4.92. The Morgan fingerprint density at radius 2 is 2.11 bits per heavy atom. The third-order valence-electron chi connectivity index (χ3n) is 3.46. The Balaban J connectivity index is 2.22. The van der Waals surface area contributed by atoms with Gasteiger partial charge in [0.15, 0.2) is 0 Å². The molecule has 0 aliphatic carbocycles. The molecule has 3 nitrogen and oxygen atoms in total. The molecule has 0 radical (unpaired) electrons. The van der Waals surface area contributed by atoms with Gasteiger partial charge in [-0.05, 0) is 42.7 Å². The molecule has 2 aromatic rings. The predicted octanol–water partition coefficient (Wildman–Crippen LogP) is 2.67. The maximum absolute atomic E-state index is 13.3. The fourth-order valence-electron chi connectivity index (χ4n) is 2.28. The van der Waals surface area contributed by atoms with E-state index in [0.29, 0.717) is 6.42 Å². The van der Waals surface area contributed by atoms with E-state index in [9.17, 15) is 4.39 Å². The van der Waals surface area contributed by atoms with Gasteiger partial charge in [0.1, 0.15) is 5.82 Å². The van der Waals surface area contributed by atoms with Gasteiger partial charge in [0, 0.05) is 25.2 Å². The van der Waals surface area contributed by atoms with Crippen molar-refractivity contribution >= 4 is 0 Å². The summed E-state index contributed by atoms with van der Waals surface area (Å²) >= 11 is 0. The van der Waals surface area contributed by atoms with Crippen LogP contribution in [-0.4, -0.2) is 9.78 Å². The fourth-order valence-corrected chi connectivity index (χ4v) is 2.28. The van der Waals surface area contributed by atoms with Gasteiger partial charge in [0.25, 0.3) is 0 Å². The van der Waals surface area contributed by atoms with Crippen LogP contribution in [-0.2, 0) is 19.9 Å². The minimum Gasteiger partial charge on any atom is -0.324 e. The van der Waals surface area contributed by atoms with Crippen molar-refractivity contribution < 1.29 is 4.39 Å². The van der Waals surface area contributed by atoms with Gasteiger partial charge < -0.3 is 5.73 Å². The number of benzene rings is 1. The number of halogens is 1. The van der Waals surface area contributed by atoms with Crippen LogP contribution in [0.25, 0.3) is 0 Å². The first-order valence-electron chi connectivity index (χ1n) is 6.54. The Kier molecular flexibility index (Phi) is 4.00. The Bertz CT molecular complexity index is 575. The molecule has 0 aliphatic heterocycles. The molecule has 0 bridgehead atoms. The van der Waals surface area contributed by atoms with Crippen molar-refractivity contribution in [3.05, 3.63) is 52.6 Å². The van der Waals surface area contributed by atoms with E-state index in [1.165, 1.54) is 12.1 Å². The number of hydrogen-bond acceptors (Lipinski definition) is 2. The topological polar surface area (TPSA) is 43.8 Å². The van der Waals surface area contributed by atoms with Gasteiger partial charge in [-0.1, -0.05) is 13.0 Å². The molecule has 1 heterocycles. The molecule has 102 valence electrons. The van der Waals surface area contributed by atoms with E-state index in [2.05, 4.69) is 18.1 Å². The lowest BCUT2D eigenvalue weighted by molar-refractivity contribution is 0.608. The molecule has 0 aliphatic rings. The molecule has 1 atom stereocenters. The van der Waals surface area contributed by atoms with Gasteiger partial charge in [-0.3, -0.25) is 4.68 Å². The van der Waals surface area contributed by atoms with Crippen molar-refractivity contribution in [2.75, 3.05) is 0 Å². The predicted molar refractivity (Wildman–Crippen MR) is 74.4 cm³/mol. The van der Waals surface area contributed by atoms with Crippen molar-refractivity contribution in [2.24, 2.45) is 12.8 Å². The largest absolute Gasteiger partial charge is 0.324 e. The molecule has 1 aromatic carbocycles. The van der Waals surface area contributed by atoms with E-state index in [4.69, 9.17) is 5.73 Å². The third-order valence-corrected chi connectivity index (χ3v) is 3.46. The van der Waals surface area contributed by atoms with Gasteiger partial charge in [-0.25, -0.2) is 4.39 Å². The molecule has 0 saturated heterocycles. The molecule has 4 heteroatoms. The first-order chi connectivity index (χ1) is 9.01.